The Kier molecular flexibility index (Phi) is 5.30. The summed E-state index contributed by atoms with van der Waals surface area (Å²) in [4.78, 5) is 37.9. The van der Waals surface area contributed by atoms with E-state index in [0.29, 0.717) is 13.0 Å². The summed E-state index contributed by atoms with van der Waals surface area (Å²) in [6.07, 6.45) is 1.47. The van der Waals surface area contributed by atoms with E-state index < -0.39 is 11.3 Å². The highest BCUT2D eigenvalue weighted by molar-refractivity contribution is 9.10. The van der Waals surface area contributed by atoms with Crippen LogP contribution in [0.15, 0.2) is 53.0 Å². The third kappa shape index (κ3) is 3.19. The van der Waals surface area contributed by atoms with Crippen LogP contribution in [0.5, 0.6) is 0 Å². The number of halogens is 1. The quantitative estimate of drug-likeness (QED) is 0.541. The van der Waals surface area contributed by atoms with Crippen LogP contribution in [-0.4, -0.2) is 24.8 Å². The van der Waals surface area contributed by atoms with Crippen LogP contribution >= 0.6 is 15.9 Å². The van der Waals surface area contributed by atoms with Crippen LogP contribution in [0, 0.1) is 11.8 Å². The molecule has 5 nitrogen and oxygen atoms in total. The fourth-order valence-electron chi connectivity index (χ4n) is 5.13. The van der Waals surface area contributed by atoms with Crippen molar-refractivity contribution in [3.8, 4) is 0 Å². The first-order valence-corrected chi connectivity index (χ1v) is 10.6. The molecule has 1 aliphatic heterocycles. The Bertz CT molecular complexity index is 958. The second-order valence-electron chi connectivity index (χ2n) is 7.69. The van der Waals surface area contributed by atoms with Gasteiger partial charge in [0.2, 0.25) is 5.91 Å². The molecule has 0 saturated heterocycles. The topological polar surface area (TPSA) is 72.5 Å². The molecule has 1 spiro atoms. The van der Waals surface area contributed by atoms with Gasteiger partial charge < -0.3 is 14.8 Å². The van der Waals surface area contributed by atoms with Crippen LogP contribution in [0.25, 0.3) is 0 Å². The minimum Gasteiger partial charge on any atom is -0.466 e. The SMILES string of the molecule is CCOC(=O)C[C@@H]1C[C@]2(C(=O)Nc3ccccc32)[C@H](c2ccc(Br)cc2)[C@H]1C=O. The van der Waals surface area contributed by atoms with Gasteiger partial charge in [-0.05, 0) is 48.6 Å². The number of hydrogen-bond acceptors (Lipinski definition) is 4. The number of esters is 1. The second-order valence-corrected chi connectivity index (χ2v) is 8.60. The minimum atomic E-state index is -0.882. The van der Waals surface area contributed by atoms with Gasteiger partial charge >= 0.3 is 5.97 Å². The molecule has 0 aromatic heterocycles. The molecule has 0 radical (unpaired) electrons. The first kappa shape index (κ1) is 19.8. The van der Waals surface area contributed by atoms with Gasteiger partial charge in [0.05, 0.1) is 12.0 Å². The molecule has 4 atom stereocenters. The number of hydrogen-bond donors (Lipinski definition) is 1. The van der Waals surface area contributed by atoms with Crippen molar-refractivity contribution in [3.63, 3.8) is 0 Å². The third-order valence-electron chi connectivity index (χ3n) is 6.23. The first-order valence-electron chi connectivity index (χ1n) is 9.78. The average Bonchev–Trinajstić information content (AvgIpc) is 3.18. The smallest absolute Gasteiger partial charge is 0.306 e. The molecule has 1 saturated carbocycles. The molecule has 6 heteroatoms. The van der Waals surface area contributed by atoms with Crippen molar-refractivity contribution >= 4 is 39.8 Å². The largest absolute Gasteiger partial charge is 0.466 e. The number of anilines is 1. The van der Waals surface area contributed by atoms with E-state index in [1.165, 1.54) is 0 Å². The molecule has 1 fully saturated rings. The number of nitrogens with one attached hydrogen (secondary N) is 1. The Balaban J connectivity index is 1.85. The monoisotopic (exact) mass is 455 g/mol. The Morgan fingerprint density at radius 1 is 1.24 bits per heavy atom. The van der Waals surface area contributed by atoms with E-state index in [0.717, 1.165) is 27.6 Å². The Morgan fingerprint density at radius 3 is 2.66 bits per heavy atom. The lowest BCUT2D eigenvalue weighted by Crippen LogP contribution is -2.38. The lowest BCUT2D eigenvalue weighted by molar-refractivity contribution is -0.144. The standard InChI is InChI=1S/C23H22BrNO4/c1-2-29-20(27)11-15-12-23(18-5-3-4-6-19(18)25-22(23)28)21(17(15)13-26)14-7-9-16(24)10-8-14/h3-10,13,15,17,21H,2,11-12H2,1H3,(H,25,28)/t15-,17+,21-,23-/m1/s1. The molecule has 1 heterocycles. The van der Waals surface area contributed by atoms with E-state index in [-0.39, 0.29) is 30.1 Å². The highest BCUT2D eigenvalue weighted by Crippen LogP contribution is 2.60. The summed E-state index contributed by atoms with van der Waals surface area (Å²) >= 11 is 3.45. The number of amides is 1. The summed E-state index contributed by atoms with van der Waals surface area (Å²) in [5.41, 5.74) is 1.72. The molecule has 150 valence electrons. The van der Waals surface area contributed by atoms with Gasteiger partial charge in [-0.3, -0.25) is 9.59 Å². The zero-order valence-electron chi connectivity index (χ0n) is 16.1. The molecular formula is C23H22BrNO4. The van der Waals surface area contributed by atoms with E-state index >= 15 is 0 Å². The van der Waals surface area contributed by atoms with Gasteiger partial charge in [-0.1, -0.05) is 46.3 Å². The molecule has 1 amide bonds. The van der Waals surface area contributed by atoms with Gasteiger partial charge in [0.15, 0.2) is 0 Å². The summed E-state index contributed by atoms with van der Waals surface area (Å²) in [6.45, 7) is 2.05. The van der Waals surface area contributed by atoms with Gasteiger partial charge in [0.25, 0.3) is 0 Å². The van der Waals surface area contributed by atoms with E-state index in [1.807, 2.05) is 48.5 Å². The molecule has 1 N–H and O–H groups in total. The second kappa shape index (κ2) is 7.75. The molecule has 0 unspecified atom stereocenters. The zero-order valence-corrected chi connectivity index (χ0v) is 17.6. The van der Waals surface area contributed by atoms with Gasteiger partial charge in [-0.2, -0.15) is 0 Å². The van der Waals surface area contributed by atoms with Crippen LogP contribution < -0.4 is 5.32 Å². The number of rotatable bonds is 5. The van der Waals surface area contributed by atoms with Gasteiger partial charge in [-0.15, -0.1) is 0 Å². The van der Waals surface area contributed by atoms with E-state index in [9.17, 15) is 14.4 Å². The fourth-order valence-corrected chi connectivity index (χ4v) is 5.40. The molecule has 29 heavy (non-hydrogen) atoms. The Labute approximate surface area is 178 Å². The van der Waals surface area contributed by atoms with Crippen LogP contribution in [-0.2, 0) is 24.5 Å². The first-order chi connectivity index (χ1) is 14.0. The van der Waals surface area contributed by atoms with Crippen molar-refractivity contribution in [1.82, 2.24) is 0 Å². The van der Waals surface area contributed by atoms with E-state index in [4.69, 9.17) is 4.74 Å². The molecule has 2 aromatic rings. The maximum Gasteiger partial charge on any atom is 0.306 e. The maximum atomic E-state index is 13.4. The molecule has 2 aromatic carbocycles. The van der Waals surface area contributed by atoms with Crippen molar-refractivity contribution in [2.45, 2.75) is 31.1 Å². The van der Waals surface area contributed by atoms with Gasteiger partial charge in [0, 0.05) is 28.4 Å². The zero-order chi connectivity index (χ0) is 20.6. The van der Waals surface area contributed by atoms with Crippen LogP contribution in [0.2, 0.25) is 0 Å². The number of carbonyl (C=O) groups is 3. The predicted octanol–water partition coefficient (Wildman–Crippen LogP) is 4.21. The summed E-state index contributed by atoms with van der Waals surface area (Å²) < 4.78 is 6.07. The summed E-state index contributed by atoms with van der Waals surface area (Å²) in [7, 11) is 0. The number of para-hydroxylation sites is 1. The third-order valence-corrected chi connectivity index (χ3v) is 6.75. The summed E-state index contributed by atoms with van der Waals surface area (Å²) in [5.74, 6) is -1.52. The van der Waals surface area contributed by atoms with Crippen molar-refractivity contribution in [2.75, 3.05) is 11.9 Å². The minimum absolute atomic E-state index is 0.107. The molecular weight excluding hydrogens is 434 g/mol. The van der Waals surface area contributed by atoms with Crippen molar-refractivity contribution in [1.29, 1.82) is 0 Å². The normalized spacial score (nSPS) is 27.5. The van der Waals surface area contributed by atoms with E-state index in [1.54, 1.807) is 6.92 Å². The van der Waals surface area contributed by atoms with Crippen LogP contribution in [0.4, 0.5) is 5.69 Å². The Morgan fingerprint density at radius 2 is 1.97 bits per heavy atom. The number of aldehydes is 1. The van der Waals surface area contributed by atoms with Gasteiger partial charge in [0.1, 0.15) is 6.29 Å². The number of carbonyl (C=O) groups excluding carboxylic acids is 3. The van der Waals surface area contributed by atoms with Crippen molar-refractivity contribution in [2.24, 2.45) is 11.8 Å². The average molecular weight is 456 g/mol. The number of fused-ring (bicyclic) bond motifs is 2. The van der Waals surface area contributed by atoms with Crippen molar-refractivity contribution in [3.05, 3.63) is 64.1 Å². The Hall–Kier alpha value is -2.47. The maximum absolute atomic E-state index is 13.4. The summed E-state index contributed by atoms with van der Waals surface area (Å²) in [6, 6.07) is 15.4. The molecule has 4 rings (SSSR count). The van der Waals surface area contributed by atoms with Gasteiger partial charge in [-0.25, -0.2) is 0 Å². The van der Waals surface area contributed by atoms with E-state index in [2.05, 4.69) is 21.2 Å². The molecule has 0 bridgehead atoms. The fraction of sp³-hybridized carbons (Fsp3) is 0.348. The predicted molar refractivity (Wildman–Crippen MR) is 113 cm³/mol. The highest BCUT2D eigenvalue weighted by Gasteiger charge is 2.62. The van der Waals surface area contributed by atoms with Crippen molar-refractivity contribution < 1.29 is 19.1 Å². The highest BCUT2D eigenvalue weighted by atomic mass is 79.9. The van der Waals surface area contributed by atoms with Crippen LogP contribution in [0.1, 0.15) is 36.8 Å². The molecule has 2 aliphatic rings. The summed E-state index contributed by atoms with van der Waals surface area (Å²) in [5, 5.41) is 3.00. The lowest BCUT2D eigenvalue weighted by Gasteiger charge is -2.31. The number of benzene rings is 2. The lowest BCUT2D eigenvalue weighted by atomic mass is 9.68. The molecule has 1 aliphatic carbocycles. The number of ether oxygens (including phenoxy) is 1. The van der Waals surface area contributed by atoms with Crippen LogP contribution in [0.3, 0.4) is 0 Å².